The third-order valence-corrected chi connectivity index (χ3v) is 3.55. The highest BCUT2D eigenvalue weighted by Crippen LogP contribution is 2.23. The van der Waals surface area contributed by atoms with Gasteiger partial charge >= 0.3 is 0 Å². The lowest BCUT2D eigenvalue weighted by molar-refractivity contribution is 0.538. The van der Waals surface area contributed by atoms with Gasteiger partial charge in [-0.15, -0.1) is 11.8 Å². The standard InChI is InChI=1S/C14H23NS/c1-11(2)16-14-6-4-13(5-7-14)10-12(3)8-9-15/h4-7,11-12H,8-10,15H2,1-3H3. The first-order valence-electron chi connectivity index (χ1n) is 6.07. The van der Waals surface area contributed by atoms with Gasteiger partial charge in [-0.25, -0.2) is 0 Å². The molecule has 1 aromatic carbocycles. The van der Waals surface area contributed by atoms with Crippen molar-refractivity contribution >= 4 is 11.8 Å². The topological polar surface area (TPSA) is 26.0 Å². The summed E-state index contributed by atoms with van der Waals surface area (Å²) < 4.78 is 0. The Labute approximate surface area is 104 Å². The number of nitrogens with two attached hydrogens (primary N) is 1. The molecule has 1 aromatic rings. The SMILES string of the molecule is CC(CCN)Cc1ccc(SC(C)C)cc1. The van der Waals surface area contributed by atoms with E-state index in [0.29, 0.717) is 11.2 Å². The molecule has 1 atom stereocenters. The third-order valence-electron chi connectivity index (χ3n) is 2.54. The third kappa shape index (κ3) is 5.04. The van der Waals surface area contributed by atoms with E-state index >= 15 is 0 Å². The molecular weight excluding hydrogens is 214 g/mol. The molecule has 2 N–H and O–H groups in total. The van der Waals surface area contributed by atoms with Crippen molar-refractivity contribution in [1.29, 1.82) is 0 Å². The van der Waals surface area contributed by atoms with E-state index < -0.39 is 0 Å². The molecule has 0 saturated carbocycles. The van der Waals surface area contributed by atoms with Crippen LogP contribution >= 0.6 is 11.8 Å². The molecule has 0 fully saturated rings. The summed E-state index contributed by atoms with van der Waals surface area (Å²) >= 11 is 1.92. The van der Waals surface area contributed by atoms with E-state index in [0.717, 1.165) is 19.4 Å². The highest BCUT2D eigenvalue weighted by molar-refractivity contribution is 7.99. The average Bonchev–Trinajstić information content (AvgIpc) is 2.20. The Hall–Kier alpha value is -0.470. The van der Waals surface area contributed by atoms with E-state index in [4.69, 9.17) is 5.73 Å². The van der Waals surface area contributed by atoms with Crippen molar-refractivity contribution < 1.29 is 0 Å². The average molecular weight is 237 g/mol. The highest BCUT2D eigenvalue weighted by Gasteiger charge is 2.03. The van der Waals surface area contributed by atoms with Gasteiger partial charge in [-0.3, -0.25) is 0 Å². The number of thioether (sulfide) groups is 1. The first kappa shape index (κ1) is 13.6. The maximum atomic E-state index is 5.56. The van der Waals surface area contributed by atoms with Crippen molar-refractivity contribution in [3.05, 3.63) is 29.8 Å². The van der Waals surface area contributed by atoms with E-state index in [9.17, 15) is 0 Å². The Bertz CT molecular complexity index is 292. The van der Waals surface area contributed by atoms with E-state index in [2.05, 4.69) is 45.0 Å². The maximum Gasteiger partial charge on any atom is 0.00747 e. The Morgan fingerprint density at radius 3 is 2.25 bits per heavy atom. The number of benzene rings is 1. The molecule has 2 heteroatoms. The molecule has 0 spiro atoms. The quantitative estimate of drug-likeness (QED) is 0.763. The van der Waals surface area contributed by atoms with Crippen molar-refractivity contribution in [2.45, 2.75) is 43.8 Å². The minimum absolute atomic E-state index is 0.655. The molecule has 0 aliphatic rings. The molecule has 0 aromatic heterocycles. The Morgan fingerprint density at radius 2 is 1.75 bits per heavy atom. The van der Waals surface area contributed by atoms with Gasteiger partial charge in [0, 0.05) is 10.1 Å². The molecule has 0 amide bonds. The zero-order valence-electron chi connectivity index (χ0n) is 10.6. The molecule has 0 aliphatic heterocycles. The summed E-state index contributed by atoms with van der Waals surface area (Å²) in [5, 5.41) is 0.655. The van der Waals surface area contributed by atoms with Gasteiger partial charge in [0.1, 0.15) is 0 Å². The smallest absolute Gasteiger partial charge is 0.00747 e. The van der Waals surface area contributed by atoms with E-state index in [-0.39, 0.29) is 0 Å². The van der Waals surface area contributed by atoms with Gasteiger partial charge in [-0.2, -0.15) is 0 Å². The van der Waals surface area contributed by atoms with Gasteiger partial charge in [0.15, 0.2) is 0 Å². The predicted octanol–water partition coefficient (Wildman–Crippen LogP) is 3.71. The van der Waals surface area contributed by atoms with Crippen molar-refractivity contribution in [2.24, 2.45) is 11.7 Å². The van der Waals surface area contributed by atoms with E-state index in [1.165, 1.54) is 10.5 Å². The van der Waals surface area contributed by atoms with E-state index in [1.54, 1.807) is 0 Å². The molecule has 0 heterocycles. The molecule has 0 radical (unpaired) electrons. The Kier molecular flexibility index (Phi) is 5.93. The molecule has 0 bridgehead atoms. The normalized spacial score (nSPS) is 13.1. The molecular formula is C14H23NS. The lowest BCUT2D eigenvalue weighted by atomic mass is 9.98. The fraction of sp³-hybridized carbons (Fsp3) is 0.571. The molecule has 1 rings (SSSR count). The van der Waals surface area contributed by atoms with Crippen molar-refractivity contribution in [3.63, 3.8) is 0 Å². The zero-order chi connectivity index (χ0) is 12.0. The monoisotopic (exact) mass is 237 g/mol. The Balaban J connectivity index is 2.50. The maximum absolute atomic E-state index is 5.56. The molecule has 90 valence electrons. The summed E-state index contributed by atoms with van der Waals surface area (Å²) in [6.45, 7) is 7.51. The van der Waals surface area contributed by atoms with Crippen LogP contribution in [-0.4, -0.2) is 11.8 Å². The molecule has 1 nitrogen and oxygen atoms in total. The minimum atomic E-state index is 0.655. The summed E-state index contributed by atoms with van der Waals surface area (Å²) in [5.74, 6) is 0.689. The largest absolute Gasteiger partial charge is 0.330 e. The van der Waals surface area contributed by atoms with Gasteiger partial charge in [0.05, 0.1) is 0 Å². The highest BCUT2D eigenvalue weighted by atomic mass is 32.2. The van der Waals surface area contributed by atoms with Crippen LogP contribution in [0.15, 0.2) is 29.2 Å². The molecule has 0 saturated heterocycles. The lowest BCUT2D eigenvalue weighted by Crippen LogP contribution is -2.07. The van der Waals surface area contributed by atoms with Crippen molar-refractivity contribution in [3.8, 4) is 0 Å². The van der Waals surface area contributed by atoms with Crippen molar-refractivity contribution in [2.75, 3.05) is 6.54 Å². The fourth-order valence-electron chi connectivity index (χ4n) is 1.77. The van der Waals surface area contributed by atoms with Crippen LogP contribution in [0, 0.1) is 5.92 Å². The lowest BCUT2D eigenvalue weighted by Gasteiger charge is -2.11. The fourth-order valence-corrected chi connectivity index (χ4v) is 2.60. The number of rotatable bonds is 6. The summed E-state index contributed by atoms with van der Waals surface area (Å²) in [6.07, 6.45) is 2.26. The van der Waals surface area contributed by atoms with Crippen LogP contribution < -0.4 is 5.73 Å². The van der Waals surface area contributed by atoms with Crippen LogP contribution in [0.1, 0.15) is 32.8 Å². The van der Waals surface area contributed by atoms with Gasteiger partial charge in [0.2, 0.25) is 0 Å². The summed E-state index contributed by atoms with van der Waals surface area (Å²) in [7, 11) is 0. The number of hydrogen-bond acceptors (Lipinski definition) is 2. The second kappa shape index (κ2) is 6.97. The minimum Gasteiger partial charge on any atom is -0.330 e. The second-order valence-corrected chi connectivity index (χ2v) is 6.35. The van der Waals surface area contributed by atoms with Gasteiger partial charge in [-0.1, -0.05) is 32.9 Å². The first-order valence-corrected chi connectivity index (χ1v) is 6.95. The van der Waals surface area contributed by atoms with Gasteiger partial charge in [-0.05, 0) is 43.0 Å². The Morgan fingerprint density at radius 1 is 1.12 bits per heavy atom. The van der Waals surface area contributed by atoms with Crippen LogP contribution in [0.5, 0.6) is 0 Å². The van der Waals surface area contributed by atoms with Crippen LogP contribution in [0.2, 0.25) is 0 Å². The predicted molar refractivity (Wildman–Crippen MR) is 74.0 cm³/mol. The van der Waals surface area contributed by atoms with Crippen LogP contribution in [0.25, 0.3) is 0 Å². The van der Waals surface area contributed by atoms with Gasteiger partial charge < -0.3 is 5.73 Å². The first-order chi connectivity index (χ1) is 7.61. The number of hydrogen-bond donors (Lipinski definition) is 1. The molecule has 0 aliphatic carbocycles. The summed E-state index contributed by atoms with van der Waals surface area (Å²) in [5.41, 5.74) is 6.98. The van der Waals surface area contributed by atoms with Crippen molar-refractivity contribution in [1.82, 2.24) is 0 Å². The zero-order valence-corrected chi connectivity index (χ0v) is 11.4. The summed E-state index contributed by atoms with van der Waals surface area (Å²) in [4.78, 5) is 1.37. The van der Waals surface area contributed by atoms with Crippen LogP contribution in [0.3, 0.4) is 0 Å². The second-order valence-electron chi connectivity index (χ2n) is 4.70. The van der Waals surface area contributed by atoms with Crippen LogP contribution in [0.4, 0.5) is 0 Å². The molecule has 1 unspecified atom stereocenters. The van der Waals surface area contributed by atoms with Gasteiger partial charge in [0.25, 0.3) is 0 Å². The summed E-state index contributed by atoms with van der Waals surface area (Å²) in [6, 6.07) is 8.96. The van der Waals surface area contributed by atoms with Crippen LogP contribution in [-0.2, 0) is 6.42 Å². The molecule has 16 heavy (non-hydrogen) atoms. The van der Waals surface area contributed by atoms with E-state index in [1.807, 2.05) is 11.8 Å².